The van der Waals surface area contributed by atoms with E-state index < -0.39 is 5.91 Å². The maximum atomic E-state index is 10.5. The van der Waals surface area contributed by atoms with E-state index in [1.807, 2.05) is 0 Å². The third kappa shape index (κ3) is 5.92. The van der Waals surface area contributed by atoms with Gasteiger partial charge in [-0.2, -0.15) is 0 Å². The second-order valence-electron chi connectivity index (χ2n) is 2.82. The van der Waals surface area contributed by atoms with Gasteiger partial charge in [0.2, 0.25) is 5.91 Å². The van der Waals surface area contributed by atoms with Crippen molar-refractivity contribution in [3.63, 3.8) is 0 Å². The summed E-state index contributed by atoms with van der Waals surface area (Å²) in [5.74, 6) is -0.396. The van der Waals surface area contributed by atoms with Crippen LogP contribution >= 0.6 is 0 Å². The predicted octanol–water partition coefficient (Wildman–Crippen LogP) is 0.808. The van der Waals surface area contributed by atoms with Gasteiger partial charge in [-0.1, -0.05) is 19.9 Å². The molecule has 0 fully saturated rings. The Balaban J connectivity index is 3.20. The average Bonchev–Trinajstić information content (AvgIpc) is 2.03. The molecule has 0 aliphatic heterocycles. The van der Waals surface area contributed by atoms with Crippen LogP contribution in [0.4, 0.5) is 0 Å². The first-order valence-electron chi connectivity index (χ1n) is 4.36. The van der Waals surface area contributed by atoms with Crippen molar-refractivity contribution in [1.82, 2.24) is 5.32 Å². The van der Waals surface area contributed by atoms with Gasteiger partial charge in [0.15, 0.2) is 0 Å². The second kappa shape index (κ2) is 6.85. The predicted molar refractivity (Wildman–Crippen MR) is 50.7 cm³/mol. The van der Waals surface area contributed by atoms with Crippen LogP contribution in [0.1, 0.15) is 26.2 Å². The average molecular weight is 170 g/mol. The molecule has 0 atom stereocenters. The molecule has 1 amide bonds. The van der Waals surface area contributed by atoms with Crippen LogP contribution in [0.2, 0.25) is 0 Å². The molecule has 0 rings (SSSR count). The molecule has 0 spiro atoms. The summed E-state index contributed by atoms with van der Waals surface area (Å²) in [7, 11) is 0. The lowest BCUT2D eigenvalue weighted by Gasteiger charge is -2.03. The first kappa shape index (κ1) is 11.2. The van der Waals surface area contributed by atoms with Gasteiger partial charge in [0.25, 0.3) is 0 Å². The van der Waals surface area contributed by atoms with Crippen molar-refractivity contribution in [1.29, 1.82) is 0 Å². The van der Waals surface area contributed by atoms with Crippen molar-refractivity contribution < 1.29 is 4.79 Å². The molecule has 0 radical (unpaired) electrons. The van der Waals surface area contributed by atoms with Crippen molar-refractivity contribution in [2.24, 2.45) is 5.73 Å². The van der Waals surface area contributed by atoms with E-state index >= 15 is 0 Å². The molecule has 0 aromatic carbocycles. The van der Waals surface area contributed by atoms with Crippen LogP contribution in [-0.4, -0.2) is 19.0 Å². The summed E-state index contributed by atoms with van der Waals surface area (Å²) in [6.45, 7) is 7.50. The smallest absolute Gasteiger partial charge is 0.244 e. The Morgan fingerprint density at radius 1 is 1.50 bits per heavy atom. The fourth-order valence-electron chi connectivity index (χ4n) is 0.789. The van der Waals surface area contributed by atoms with Gasteiger partial charge in [-0.3, -0.25) is 4.79 Å². The van der Waals surface area contributed by atoms with Gasteiger partial charge in [0.1, 0.15) is 0 Å². The van der Waals surface area contributed by atoms with E-state index in [1.165, 1.54) is 12.8 Å². The van der Waals surface area contributed by atoms with Crippen molar-refractivity contribution in [2.75, 3.05) is 13.1 Å². The van der Waals surface area contributed by atoms with Gasteiger partial charge in [0.05, 0.1) is 0 Å². The van der Waals surface area contributed by atoms with Crippen molar-refractivity contribution >= 4 is 5.91 Å². The number of carbonyl (C=O) groups is 1. The third-order valence-electron chi connectivity index (χ3n) is 1.66. The van der Waals surface area contributed by atoms with Gasteiger partial charge in [-0.25, -0.2) is 0 Å². The van der Waals surface area contributed by atoms with Crippen LogP contribution in [0.25, 0.3) is 0 Å². The molecule has 12 heavy (non-hydrogen) atoms. The molecule has 3 nitrogen and oxygen atoms in total. The minimum absolute atomic E-state index is 0.396. The summed E-state index contributed by atoms with van der Waals surface area (Å²) in [6, 6.07) is 0. The Bertz CT molecular complexity index is 155. The lowest BCUT2D eigenvalue weighted by molar-refractivity contribution is -0.114. The molecular formula is C9H18N2O. The second-order valence-corrected chi connectivity index (χ2v) is 2.82. The fraction of sp³-hybridized carbons (Fsp3) is 0.667. The molecule has 0 aliphatic rings. The first-order valence-corrected chi connectivity index (χ1v) is 4.36. The first-order chi connectivity index (χ1) is 5.68. The van der Waals surface area contributed by atoms with Crippen LogP contribution in [0, 0.1) is 0 Å². The highest BCUT2D eigenvalue weighted by Gasteiger charge is 1.99. The van der Waals surface area contributed by atoms with Crippen LogP contribution in [0.15, 0.2) is 12.2 Å². The number of rotatable bonds is 7. The van der Waals surface area contributed by atoms with E-state index in [0.29, 0.717) is 12.0 Å². The van der Waals surface area contributed by atoms with E-state index in [0.717, 1.165) is 13.1 Å². The van der Waals surface area contributed by atoms with E-state index in [9.17, 15) is 4.79 Å². The van der Waals surface area contributed by atoms with Gasteiger partial charge >= 0.3 is 0 Å². The molecule has 0 aliphatic carbocycles. The van der Waals surface area contributed by atoms with Gasteiger partial charge < -0.3 is 11.1 Å². The molecule has 0 heterocycles. The van der Waals surface area contributed by atoms with Crippen LogP contribution in [0.5, 0.6) is 0 Å². The monoisotopic (exact) mass is 170 g/mol. The minimum Gasteiger partial charge on any atom is -0.366 e. The van der Waals surface area contributed by atoms with Crippen molar-refractivity contribution in [3.05, 3.63) is 12.2 Å². The Hall–Kier alpha value is -0.830. The number of hydrogen-bond acceptors (Lipinski definition) is 2. The summed E-state index contributed by atoms with van der Waals surface area (Å²) in [6.07, 6.45) is 3.01. The molecular weight excluding hydrogens is 152 g/mol. The maximum absolute atomic E-state index is 10.5. The van der Waals surface area contributed by atoms with Crippen LogP contribution in [-0.2, 0) is 4.79 Å². The number of hydrogen-bond donors (Lipinski definition) is 2. The lowest BCUT2D eigenvalue weighted by Crippen LogP contribution is -2.20. The topological polar surface area (TPSA) is 55.1 Å². The van der Waals surface area contributed by atoms with E-state index in [-0.39, 0.29) is 0 Å². The number of amides is 1. The highest BCUT2D eigenvalue weighted by atomic mass is 16.1. The van der Waals surface area contributed by atoms with Crippen molar-refractivity contribution in [2.45, 2.75) is 26.2 Å². The number of nitrogens with one attached hydrogen (secondary N) is 1. The van der Waals surface area contributed by atoms with Crippen LogP contribution < -0.4 is 11.1 Å². The largest absolute Gasteiger partial charge is 0.366 e. The number of carbonyl (C=O) groups excluding carboxylic acids is 1. The quantitative estimate of drug-likeness (QED) is 0.439. The molecule has 0 saturated heterocycles. The summed E-state index contributed by atoms with van der Waals surface area (Å²) in [5.41, 5.74) is 5.51. The molecule has 0 aromatic rings. The maximum Gasteiger partial charge on any atom is 0.244 e. The lowest BCUT2D eigenvalue weighted by atomic mass is 10.2. The molecule has 3 heteroatoms. The Morgan fingerprint density at radius 2 is 2.17 bits per heavy atom. The van der Waals surface area contributed by atoms with Gasteiger partial charge in [-0.15, -0.1) is 0 Å². The number of unbranched alkanes of at least 4 members (excludes halogenated alkanes) is 1. The Morgan fingerprint density at radius 3 is 2.67 bits per heavy atom. The zero-order chi connectivity index (χ0) is 9.40. The fourth-order valence-corrected chi connectivity index (χ4v) is 0.789. The summed E-state index contributed by atoms with van der Waals surface area (Å²) >= 11 is 0. The molecule has 0 unspecified atom stereocenters. The zero-order valence-corrected chi connectivity index (χ0v) is 7.73. The summed E-state index contributed by atoms with van der Waals surface area (Å²) in [5, 5.41) is 3.20. The van der Waals surface area contributed by atoms with Crippen LogP contribution in [0.3, 0.4) is 0 Å². The molecule has 0 saturated carbocycles. The number of nitrogens with two attached hydrogens (primary N) is 1. The summed E-state index contributed by atoms with van der Waals surface area (Å²) in [4.78, 5) is 10.5. The number of primary amides is 1. The van der Waals surface area contributed by atoms with Gasteiger partial charge in [0, 0.05) is 5.57 Å². The van der Waals surface area contributed by atoms with E-state index in [1.54, 1.807) is 0 Å². The van der Waals surface area contributed by atoms with Gasteiger partial charge in [-0.05, 0) is 25.9 Å². The van der Waals surface area contributed by atoms with Crippen molar-refractivity contribution in [3.8, 4) is 0 Å². The summed E-state index contributed by atoms with van der Waals surface area (Å²) < 4.78 is 0. The highest BCUT2D eigenvalue weighted by molar-refractivity contribution is 5.91. The minimum atomic E-state index is -0.396. The van der Waals surface area contributed by atoms with E-state index in [2.05, 4.69) is 18.8 Å². The Kier molecular flexibility index (Phi) is 6.38. The third-order valence-corrected chi connectivity index (χ3v) is 1.66. The molecule has 0 bridgehead atoms. The SMILES string of the molecule is C=C(CCNCCCC)C(N)=O. The highest BCUT2D eigenvalue weighted by Crippen LogP contribution is 1.93. The molecule has 70 valence electrons. The normalized spacial score (nSPS) is 9.75. The van der Waals surface area contributed by atoms with E-state index in [4.69, 9.17) is 5.73 Å². The zero-order valence-electron chi connectivity index (χ0n) is 7.73. The molecule has 0 aromatic heterocycles. The Labute approximate surface area is 74.0 Å². The molecule has 3 N–H and O–H groups in total. The standard InChI is InChI=1S/C9H18N2O/c1-3-4-6-11-7-5-8(2)9(10)12/h11H,2-7H2,1H3,(H2,10,12).